The molecule has 0 saturated carbocycles. The summed E-state index contributed by atoms with van der Waals surface area (Å²) in [4.78, 5) is 25.8. The standard InChI is InChI=1S/C27H49N3O4S/c1-17(31)20(28-13)27(11,12)35-18-14-19(32)30(21(18)33)26(9,10)16-25(7,8)29-22(34)24(5,6)15-23(2,3)4/h14,20,28,32-33H,15-16H2,1-13H3,(H,29,34). The molecule has 1 atom stereocenters. The highest BCUT2D eigenvalue weighted by Crippen LogP contribution is 2.46. The first-order valence-corrected chi connectivity index (χ1v) is 13.1. The van der Waals surface area contributed by atoms with Gasteiger partial charge in [-0.15, -0.1) is 11.8 Å². The minimum absolute atomic E-state index is 0.000324. The highest BCUT2D eigenvalue weighted by molar-refractivity contribution is 8.00. The minimum Gasteiger partial charge on any atom is -0.494 e. The van der Waals surface area contributed by atoms with E-state index in [0.717, 1.165) is 6.42 Å². The Kier molecular flexibility index (Phi) is 9.29. The van der Waals surface area contributed by atoms with Crippen molar-refractivity contribution in [3.05, 3.63) is 6.07 Å². The molecule has 1 amide bonds. The number of aromatic hydroxyl groups is 2. The third kappa shape index (κ3) is 8.17. The lowest BCUT2D eigenvalue weighted by Gasteiger charge is -2.40. The molecular weight excluding hydrogens is 462 g/mol. The molecule has 8 heteroatoms. The third-order valence-electron chi connectivity index (χ3n) is 6.20. The van der Waals surface area contributed by atoms with Crippen molar-refractivity contribution < 1.29 is 19.8 Å². The number of nitrogens with zero attached hydrogens (tertiary/aromatic N) is 1. The van der Waals surface area contributed by atoms with E-state index in [0.29, 0.717) is 11.3 Å². The first-order valence-electron chi connectivity index (χ1n) is 12.3. The Bertz CT molecular complexity index is 924. The van der Waals surface area contributed by atoms with E-state index < -0.39 is 27.3 Å². The molecule has 0 saturated heterocycles. The maximum Gasteiger partial charge on any atom is 0.226 e. The number of rotatable bonds is 11. The number of thioether (sulfide) groups is 1. The predicted octanol–water partition coefficient (Wildman–Crippen LogP) is 5.43. The molecule has 0 bridgehead atoms. The Morgan fingerprint density at radius 3 is 1.91 bits per heavy atom. The molecule has 7 nitrogen and oxygen atoms in total. The Hall–Kier alpha value is -1.67. The summed E-state index contributed by atoms with van der Waals surface area (Å²) in [5, 5.41) is 28.2. The van der Waals surface area contributed by atoms with E-state index in [1.165, 1.54) is 29.3 Å². The maximum atomic E-state index is 13.2. The van der Waals surface area contributed by atoms with Crippen LogP contribution in [0.1, 0.15) is 95.9 Å². The zero-order valence-corrected chi connectivity index (χ0v) is 25.0. The molecular formula is C27H49N3O4S. The van der Waals surface area contributed by atoms with Crippen molar-refractivity contribution in [3.63, 3.8) is 0 Å². The molecule has 0 radical (unpaired) electrons. The second kappa shape index (κ2) is 10.4. The van der Waals surface area contributed by atoms with Crippen molar-refractivity contribution in [1.29, 1.82) is 0 Å². The van der Waals surface area contributed by atoms with Crippen LogP contribution in [-0.2, 0) is 15.1 Å². The fraction of sp³-hybridized carbons (Fsp3) is 0.778. The maximum absolute atomic E-state index is 13.2. The van der Waals surface area contributed by atoms with Crippen LogP contribution in [0.15, 0.2) is 11.0 Å². The molecule has 4 N–H and O–H groups in total. The van der Waals surface area contributed by atoms with Gasteiger partial charge in [-0.2, -0.15) is 0 Å². The van der Waals surface area contributed by atoms with Crippen LogP contribution in [0.5, 0.6) is 11.8 Å². The molecule has 0 aliphatic heterocycles. The summed E-state index contributed by atoms with van der Waals surface area (Å²) >= 11 is 1.34. The van der Waals surface area contributed by atoms with Gasteiger partial charge in [0.25, 0.3) is 0 Å². The molecule has 1 aromatic rings. The summed E-state index contributed by atoms with van der Waals surface area (Å²) in [6.07, 6.45) is 1.21. The number of Topliss-reactive ketones (excluding diaryl/α,β-unsaturated/α-hetero) is 1. The molecule has 0 aromatic carbocycles. The van der Waals surface area contributed by atoms with E-state index in [1.807, 2.05) is 55.4 Å². The summed E-state index contributed by atoms with van der Waals surface area (Å²) in [5.41, 5.74) is -1.83. The number of likely N-dealkylation sites (N-methyl/N-ethyl adjacent to an activating group) is 1. The average Bonchev–Trinajstić information content (AvgIpc) is 2.84. The lowest BCUT2D eigenvalue weighted by atomic mass is 9.75. The van der Waals surface area contributed by atoms with E-state index in [2.05, 4.69) is 31.4 Å². The van der Waals surface area contributed by atoms with Gasteiger partial charge >= 0.3 is 0 Å². The molecule has 1 heterocycles. The topological polar surface area (TPSA) is 104 Å². The molecule has 1 aromatic heterocycles. The number of carbonyl (C=O) groups is 2. The summed E-state index contributed by atoms with van der Waals surface area (Å²) in [6, 6.07) is 1.12. The zero-order valence-electron chi connectivity index (χ0n) is 24.1. The van der Waals surface area contributed by atoms with Crippen LogP contribution < -0.4 is 10.6 Å². The quantitative estimate of drug-likeness (QED) is 0.295. The summed E-state index contributed by atoms with van der Waals surface area (Å²) in [7, 11) is 1.74. The van der Waals surface area contributed by atoms with Crippen molar-refractivity contribution in [1.82, 2.24) is 15.2 Å². The van der Waals surface area contributed by atoms with Crippen molar-refractivity contribution in [2.75, 3.05) is 7.05 Å². The van der Waals surface area contributed by atoms with Crippen molar-refractivity contribution in [2.45, 2.75) is 123 Å². The van der Waals surface area contributed by atoms with E-state index in [1.54, 1.807) is 7.05 Å². The number of hydrogen-bond acceptors (Lipinski definition) is 6. The van der Waals surface area contributed by atoms with Gasteiger partial charge < -0.3 is 20.8 Å². The fourth-order valence-corrected chi connectivity index (χ4v) is 6.92. The second-order valence-electron chi connectivity index (χ2n) is 13.5. The smallest absolute Gasteiger partial charge is 0.226 e. The van der Waals surface area contributed by atoms with E-state index in [4.69, 9.17) is 0 Å². The Morgan fingerprint density at radius 2 is 1.49 bits per heavy atom. The van der Waals surface area contributed by atoms with Crippen LogP contribution in [0.3, 0.4) is 0 Å². The van der Waals surface area contributed by atoms with Gasteiger partial charge in [0.2, 0.25) is 11.8 Å². The van der Waals surface area contributed by atoms with Crippen LogP contribution >= 0.6 is 11.8 Å². The van der Waals surface area contributed by atoms with Crippen molar-refractivity contribution >= 4 is 23.5 Å². The number of amides is 1. The number of carbonyl (C=O) groups excluding carboxylic acids is 2. The molecule has 0 fully saturated rings. The fourth-order valence-electron chi connectivity index (χ4n) is 5.61. The van der Waals surface area contributed by atoms with Gasteiger partial charge in [0.05, 0.1) is 10.9 Å². The molecule has 0 aliphatic rings. The number of aromatic nitrogens is 1. The van der Waals surface area contributed by atoms with Gasteiger partial charge in [-0.3, -0.25) is 14.2 Å². The van der Waals surface area contributed by atoms with E-state index in [-0.39, 0.29) is 28.9 Å². The largest absolute Gasteiger partial charge is 0.494 e. The Labute approximate surface area is 216 Å². The molecule has 0 spiro atoms. The van der Waals surface area contributed by atoms with E-state index >= 15 is 0 Å². The highest BCUT2D eigenvalue weighted by Gasteiger charge is 2.40. The Morgan fingerprint density at radius 1 is 0.971 bits per heavy atom. The summed E-state index contributed by atoms with van der Waals surface area (Å²) in [5.74, 6) is -0.140. The second-order valence-corrected chi connectivity index (χ2v) is 15.2. The highest BCUT2D eigenvalue weighted by atomic mass is 32.2. The minimum atomic E-state index is -0.717. The predicted molar refractivity (Wildman–Crippen MR) is 145 cm³/mol. The van der Waals surface area contributed by atoms with Gasteiger partial charge in [0, 0.05) is 27.3 Å². The van der Waals surface area contributed by atoms with Gasteiger partial charge in [-0.1, -0.05) is 34.6 Å². The first kappa shape index (κ1) is 31.4. The van der Waals surface area contributed by atoms with Crippen LogP contribution in [0, 0.1) is 10.8 Å². The molecule has 1 unspecified atom stereocenters. The molecule has 35 heavy (non-hydrogen) atoms. The van der Waals surface area contributed by atoms with Crippen LogP contribution in [0.25, 0.3) is 0 Å². The van der Waals surface area contributed by atoms with Crippen molar-refractivity contribution in [2.24, 2.45) is 10.8 Å². The third-order valence-corrected chi connectivity index (χ3v) is 7.49. The monoisotopic (exact) mass is 511 g/mol. The molecule has 1 rings (SSSR count). The van der Waals surface area contributed by atoms with Crippen LogP contribution in [0.4, 0.5) is 0 Å². The number of nitrogens with one attached hydrogen (secondary N) is 2. The Balaban J connectivity index is 3.19. The molecule has 202 valence electrons. The van der Waals surface area contributed by atoms with Gasteiger partial charge in [-0.25, -0.2) is 0 Å². The lowest BCUT2D eigenvalue weighted by Crippen LogP contribution is -2.52. The zero-order chi connectivity index (χ0) is 27.8. The van der Waals surface area contributed by atoms with Gasteiger partial charge in [0.1, 0.15) is 5.78 Å². The number of hydrogen-bond donors (Lipinski definition) is 4. The van der Waals surface area contributed by atoms with E-state index in [9.17, 15) is 19.8 Å². The summed E-state index contributed by atoms with van der Waals surface area (Å²) in [6.45, 7) is 23.5. The molecule has 0 aliphatic carbocycles. The van der Waals surface area contributed by atoms with Crippen molar-refractivity contribution in [3.8, 4) is 11.8 Å². The van der Waals surface area contributed by atoms with Gasteiger partial charge in [0.15, 0.2) is 5.88 Å². The average molecular weight is 512 g/mol. The van der Waals surface area contributed by atoms with Crippen LogP contribution in [-0.4, -0.2) is 49.8 Å². The van der Waals surface area contributed by atoms with Gasteiger partial charge in [-0.05, 0) is 73.8 Å². The lowest BCUT2D eigenvalue weighted by molar-refractivity contribution is -0.132. The first-order chi connectivity index (χ1) is 15.5. The summed E-state index contributed by atoms with van der Waals surface area (Å²) < 4.78 is 0.939. The normalized spacial score (nSPS) is 14.7. The van der Waals surface area contributed by atoms with Crippen LogP contribution in [0.2, 0.25) is 0 Å². The SMILES string of the molecule is CNC(C(C)=O)C(C)(C)Sc1cc(O)n(C(C)(C)CC(C)(C)NC(=O)C(C)(C)CC(C)(C)C)c1O. The number of ketones is 1.